The highest BCUT2D eigenvalue weighted by Crippen LogP contribution is 2.25. The van der Waals surface area contributed by atoms with Crippen LogP contribution in [0.15, 0.2) is 18.2 Å². The van der Waals surface area contributed by atoms with Gasteiger partial charge in [0.05, 0.1) is 11.2 Å². The Bertz CT molecular complexity index is 568. The topological polar surface area (TPSA) is 61.7 Å². The summed E-state index contributed by atoms with van der Waals surface area (Å²) >= 11 is 0. The van der Waals surface area contributed by atoms with Crippen LogP contribution >= 0.6 is 0 Å². The smallest absolute Gasteiger partial charge is 0.423 e. The zero-order valence-electron chi connectivity index (χ0n) is 15.8. The van der Waals surface area contributed by atoms with Crippen molar-refractivity contribution < 1.29 is 19.2 Å². The zero-order chi connectivity index (χ0) is 18.7. The van der Waals surface area contributed by atoms with Crippen LogP contribution < -0.4 is 10.8 Å². The third-order valence-electron chi connectivity index (χ3n) is 5.41. The summed E-state index contributed by atoms with van der Waals surface area (Å²) in [5.74, 6) is -0.513. The van der Waals surface area contributed by atoms with Crippen LogP contribution in [-0.2, 0) is 11.2 Å². The summed E-state index contributed by atoms with van der Waals surface area (Å²) in [6, 6.07) is 5.23. The summed E-state index contributed by atoms with van der Waals surface area (Å²) < 4.78 is 19.7. The second kappa shape index (κ2) is 8.17. The first-order chi connectivity index (χ1) is 11.6. The normalized spacial score (nSPS) is 16.9. The molecule has 6 heteroatoms. The summed E-state index contributed by atoms with van der Waals surface area (Å²) in [6.07, 6.45) is 6.17. The minimum Gasteiger partial charge on any atom is -0.423 e. The molecule has 0 atom stereocenters. The lowest BCUT2D eigenvalue weighted by Crippen LogP contribution is -2.53. The van der Waals surface area contributed by atoms with E-state index in [-0.39, 0.29) is 5.46 Å². The van der Waals surface area contributed by atoms with E-state index in [0.717, 1.165) is 5.56 Å². The van der Waals surface area contributed by atoms with Gasteiger partial charge in [0.2, 0.25) is 0 Å². The quantitative estimate of drug-likeness (QED) is 0.661. The van der Waals surface area contributed by atoms with Crippen LogP contribution in [-0.4, -0.2) is 34.5 Å². The Morgan fingerprint density at radius 2 is 1.84 bits per heavy atom. The van der Waals surface area contributed by atoms with Crippen LogP contribution in [0.5, 0.6) is 0 Å². The molecule has 1 aromatic rings. The van der Waals surface area contributed by atoms with E-state index in [9.17, 15) is 14.5 Å². The average molecular weight is 351 g/mol. The molecule has 1 fully saturated rings. The van der Waals surface area contributed by atoms with Crippen LogP contribution in [0, 0.1) is 5.82 Å². The largest absolute Gasteiger partial charge is 0.494 e. The van der Waals surface area contributed by atoms with E-state index in [1.54, 1.807) is 39.8 Å². The summed E-state index contributed by atoms with van der Waals surface area (Å²) in [5.41, 5.74) is -1.20. The predicted octanol–water partition coefficient (Wildman–Crippen LogP) is 2.50. The van der Waals surface area contributed by atoms with Crippen LogP contribution in [0.1, 0.15) is 65.4 Å². The molecule has 140 valence electrons. The van der Waals surface area contributed by atoms with Crippen molar-refractivity contribution >= 4 is 12.6 Å². The van der Waals surface area contributed by atoms with Gasteiger partial charge in [-0.25, -0.2) is 4.39 Å². The number of nitrogens with one attached hydrogen (secondary N) is 1. The number of halogens is 1. The van der Waals surface area contributed by atoms with Gasteiger partial charge in [0.1, 0.15) is 5.82 Å². The maximum Gasteiger partial charge on any atom is 0.494 e. The Labute approximate surface area is 150 Å². The van der Waals surface area contributed by atoms with Crippen molar-refractivity contribution in [3.8, 4) is 0 Å². The monoisotopic (exact) mass is 351 g/mol. The maximum absolute atomic E-state index is 14.2. The summed E-state index contributed by atoms with van der Waals surface area (Å²) in [7, 11) is -1.43. The van der Waals surface area contributed by atoms with Crippen molar-refractivity contribution in [2.75, 3.05) is 0 Å². The molecule has 0 bridgehead atoms. The Balaban J connectivity index is 2.04. The molecule has 25 heavy (non-hydrogen) atoms. The fourth-order valence-electron chi connectivity index (χ4n) is 2.95. The Morgan fingerprint density at radius 1 is 1.20 bits per heavy atom. The van der Waals surface area contributed by atoms with Gasteiger partial charge in [-0.2, -0.15) is 0 Å². The van der Waals surface area contributed by atoms with Gasteiger partial charge in [-0.15, -0.1) is 0 Å². The van der Waals surface area contributed by atoms with Gasteiger partial charge in [-0.1, -0.05) is 31.4 Å². The first-order valence-electron chi connectivity index (χ1n) is 9.20. The number of hydrogen-bond donors (Lipinski definition) is 3. The molecule has 0 heterocycles. The molecule has 0 saturated heterocycles. The second-order valence-electron chi connectivity index (χ2n) is 8.11. The first-order valence-corrected chi connectivity index (χ1v) is 9.20. The van der Waals surface area contributed by atoms with Gasteiger partial charge in [0.25, 0.3) is 0 Å². The molecule has 3 N–H and O–H groups in total. The molecule has 1 aliphatic carbocycles. The average Bonchev–Trinajstić information content (AvgIpc) is 2.53. The molecule has 2 rings (SSSR count). The van der Waals surface area contributed by atoms with Crippen molar-refractivity contribution in [1.29, 1.82) is 0 Å². The molecule has 1 aromatic carbocycles. The summed E-state index contributed by atoms with van der Waals surface area (Å²) in [6.45, 7) is 7.17. The molecular weight excluding hydrogens is 320 g/mol. The fraction of sp³-hybridized carbons (Fsp3) is 0.684. The van der Waals surface area contributed by atoms with Crippen LogP contribution in [0.3, 0.4) is 0 Å². The summed E-state index contributed by atoms with van der Waals surface area (Å²) in [4.78, 5) is 0. The van der Waals surface area contributed by atoms with Crippen molar-refractivity contribution in [2.24, 2.45) is 0 Å². The van der Waals surface area contributed by atoms with Gasteiger partial charge < -0.3 is 20.1 Å². The van der Waals surface area contributed by atoms with E-state index < -0.39 is 24.1 Å². The highest BCUT2D eigenvalue weighted by molar-refractivity contribution is 6.60. The molecule has 1 saturated carbocycles. The Hall–Kier alpha value is -0.945. The van der Waals surface area contributed by atoms with E-state index in [4.69, 9.17) is 4.65 Å². The highest BCUT2D eigenvalue weighted by Gasteiger charge is 2.40. The lowest BCUT2D eigenvalue weighted by atomic mass is 9.75. The lowest BCUT2D eigenvalue weighted by Gasteiger charge is -2.38. The van der Waals surface area contributed by atoms with Gasteiger partial charge >= 0.3 is 7.12 Å². The van der Waals surface area contributed by atoms with Crippen molar-refractivity contribution in [1.82, 2.24) is 5.32 Å². The molecule has 1 aliphatic rings. The number of hydrogen-bond acceptors (Lipinski definition) is 4. The van der Waals surface area contributed by atoms with Crippen LogP contribution in [0.25, 0.3) is 0 Å². The predicted molar refractivity (Wildman–Crippen MR) is 99.2 cm³/mol. The third-order valence-corrected chi connectivity index (χ3v) is 5.41. The van der Waals surface area contributed by atoms with Gasteiger partial charge in [0.15, 0.2) is 0 Å². The van der Waals surface area contributed by atoms with E-state index >= 15 is 0 Å². The lowest BCUT2D eigenvalue weighted by molar-refractivity contribution is -0.0983. The van der Waals surface area contributed by atoms with Gasteiger partial charge in [-0.05, 0) is 52.2 Å². The number of benzene rings is 1. The minimum absolute atomic E-state index is 0.0975. The standard InChI is InChI=1S/C19H31BFNO3/c1-18(2,23)19(3,4)25-20(24)16-12-14(10-11-17(16)21)13-22-15-8-6-5-7-9-15/h10-12,15,22-24H,5-9,13H2,1-4H3. The van der Waals surface area contributed by atoms with Crippen molar-refractivity contribution in [2.45, 2.75) is 83.6 Å². The molecule has 0 unspecified atom stereocenters. The van der Waals surface area contributed by atoms with E-state index in [1.165, 1.54) is 38.2 Å². The van der Waals surface area contributed by atoms with Crippen molar-refractivity contribution in [3.05, 3.63) is 29.6 Å². The van der Waals surface area contributed by atoms with Crippen molar-refractivity contribution in [3.63, 3.8) is 0 Å². The van der Waals surface area contributed by atoms with E-state index in [0.29, 0.717) is 12.6 Å². The Kier molecular flexibility index (Phi) is 6.65. The molecule has 0 spiro atoms. The van der Waals surface area contributed by atoms with Crippen LogP contribution in [0.2, 0.25) is 0 Å². The van der Waals surface area contributed by atoms with Gasteiger partial charge in [-0.3, -0.25) is 0 Å². The maximum atomic E-state index is 14.2. The SMILES string of the molecule is CC(C)(O)C(C)(C)OB(O)c1cc(CNC2CCCCC2)ccc1F. The van der Waals surface area contributed by atoms with Crippen LogP contribution in [0.4, 0.5) is 4.39 Å². The molecule has 0 amide bonds. The van der Waals surface area contributed by atoms with Gasteiger partial charge in [0, 0.05) is 18.0 Å². The zero-order valence-corrected chi connectivity index (χ0v) is 15.8. The third kappa shape index (κ3) is 5.51. The second-order valence-corrected chi connectivity index (χ2v) is 8.11. The molecular formula is C19H31BFNO3. The highest BCUT2D eigenvalue weighted by atomic mass is 19.1. The molecule has 0 aliphatic heterocycles. The van der Waals surface area contributed by atoms with E-state index in [2.05, 4.69) is 5.32 Å². The Morgan fingerprint density at radius 3 is 2.44 bits per heavy atom. The number of rotatable bonds is 7. The summed E-state index contributed by atoms with van der Waals surface area (Å²) in [5, 5.41) is 24.0. The number of aliphatic hydroxyl groups is 1. The molecule has 0 radical (unpaired) electrons. The first kappa shape index (κ1) is 20.4. The molecule has 0 aromatic heterocycles. The van der Waals surface area contributed by atoms with E-state index in [1.807, 2.05) is 0 Å². The minimum atomic E-state index is -1.43. The molecule has 4 nitrogen and oxygen atoms in total. The fourth-order valence-corrected chi connectivity index (χ4v) is 2.95.